The first-order chi connectivity index (χ1) is 10.4. The van der Waals surface area contributed by atoms with Crippen LogP contribution in [-0.2, 0) is 14.4 Å². The van der Waals surface area contributed by atoms with Crippen molar-refractivity contribution >= 4 is 29.3 Å². The van der Waals surface area contributed by atoms with Gasteiger partial charge < -0.3 is 5.41 Å². The third-order valence-corrected chi connectivity index (χ3v) is 3.97. The van der Waals surface area contributed by atoms with E-state index in [1.165, 1.54) is 6.92 Å². The van der Waals surface area contributed by atoms with Crippen molar-refractivity contribution in [3.05, 3.63) is 0 Å². The van der Waals surface area contributed by atoms with E-state index in [-0.39, 0.29) is 11.8 Å². The molecule has 1 saturated carbocycles. The molecule has 2 aliphatic rings. The number of ketones is 1. The first kappa shape index (κ1) is 15.8. The van der Waals surface area contributed by atoms with Crippen molar-refractivity contribution in [2.45, 2.75) is 38.6 Å². The molecule has 22 heavy (non-hydrogen) atoms. The number of hydrogen-bond acceptors (Lipinski definition) is 6. The van der Waals surface area contributed by atoms with Gasteiger partial charge in [-0.2, -0.15) is 5.26 Å². The molecule has 0 bridgehead atoms. The van der Waals surface area contributed by atoms with Gasteiger partial charge in [-0.15, -0.1) is 0 Å². The summed E-state index contributed by atoms with van der Waals surface area (Å²) in [6.45, 7) is 0.649. The minimum atomic E-state index is -1.31. The van der Waals surface area contributed by atoms with Gasteiger partial charge in [-0.25, -0.2) is 9.69 Å². The Morgan fingerprint density at radius 3 is 2.41 bits per heavy atom. The number of urea groups is 1. The van der Waals surface area contributed by atoms with Gasteiger partial charge in [0.1, 0.15) is 5.92 Å². The molecule has 4 amide bonds. The van der Waals surface area contributed by atoms with Gasteiger partial charge in [-0.3, -0.25) is 19.3 Å². The summed E-state index contributed by atoms with van der Waals surface area (Å²) in [5, 5.41) is 16.2. The lowest BCUT2D eigenvalue weighted by atomic mass is 10.0. The number of amides is 4. The maximum atomic E-state index is 12.3. The monoisotopic (exact) mass is 304 g/mol. The average molecular weight is 304 g/mol. The summed E-state index contributed by atoms with van der Waals surface area (Å²) in [4.78, 5) is 49.6. The number of Topliss-reactive ketones (excluding diaryl/α,β-unsaturated/α-hetero) is 1. The maximum Gasteiger partial charge on any atom is 0.334 e. The Morgan fingerprint density at radius 1 is 1.32 bits per heavy atom. The topological polar surface area (TPSA) is 122 Å². The van der Waals surface area contributed by atoms with Crippen molar-refractivity contribution in [1.29, 1.82) is 10.7 Å². The number of hydrogen-bond donors (Lipinski definition) is 1. The molecule has 2 rings (SSSR count). The molecule has 2 fully saturated rings. The zero-order chi connectivity index (χ0) is 16.4. The normalized spacial score (nSPS) is 20.5. The second-order valence-corrected chi connectivity index (χ2v) is 5.50. The average Bonchev–Trinajstić information content (AvgIpc) is 3.03. The van der Waals surface area contributed by atoms with Crippen LogP contribution in [-0.4, -0.2) is 51.7 Å². The molecule has 1 heterocycles. The van der Waals surface area contributed by atoms with E-state index in [1.807, 2.05) is 0 Å². The summed E-state index contributed by atoms with van der Waals surface area (Å²) < 4.78 is 0. The largest absolute Gasteiger partial charge is 0.334 e. The van der Waals surface area contributed by atoms with Crippen molar-refractivity contribution < 1.29 is 19.2 Å². The zero-order valence-electron chi connectivity index (χ0n) is 12.2. The molecule has 0 radical (unpaired) electrons. The Labute approximate surface area is 127 Å². The second-order valence-electron chi connectivity index (χ2n) is 5.50. The standard InChI is InChI=1S/C14H16N4O4/c1-8(16)10(6-15)11(19)7-17-12(20)13(21)18(14(17)22)9-4-2-3-5-9/h9-10,16H,2-5,7H2,1H3. The predicted octanol–water partition coefficient (Wildman–Crippen LogP) is 0.468. The van der Waals surface area contributed by atoms with Gasteiger partial charge in [0.25, 0.3) is 0 Å². The van der Waals surface area contributed by atoms with E-state index in [0.717, 1.165) is 17.7 Å². The molecule has 116 valence electrons. The summed E-state index contributed by atoms with van der Waals surface area (Å²) >= 11 is 0. The van der Waals surface area contributed by atoms with Crippen LogP contribution >= 0.6 is 0 Å². The van der Waals surface area contributed by atoms with Gasteiger partial charge in [0.15, 0.2) is 5.78 Å². The molecule has 0 aromatic rings. The molecule has 1 aliphatic carbocycles. The van der Waals surface area contributed by atoms with E-state index in [4.69, 9.17) is 10.7 Å². The predicted molar refractivity (Wildman–Crippen MR) is 73.7 cm³/mol. The van der Waals surface area contributed by atoms with Crippen LogP contribution in [0.3, 0.4) is 0 Å². The fraction of sp³-hybridized carbons (Fsp3) is 0.571. The molecule has 0 aromatic heterocycles. The fourth-order valence-corrected chi connectivity index (χ4v) is 2.80. The number of nitriles is 1. The van der Waals surface area contributed by atoms with E-state index in [1.54, 1.807) is 6.07 Å². The molecule has 8 heteroatoms. The van der Waals surface area contributed by atoms with E-state index in [9.17, 15) is 19.2 Å². The highest BCUT2D eigenvalue weighted by molar-refractivity contribution is 6.45. The molecule has 1 unspecified atom stereocenters. The third-order valence-electron chi connectivity index (χ3n) is 3.97. The Bertz CT molecular complexity index is 600. The summed E-state index contributed by atoms with van der Waals surface area (Å²) in [5.41, 5.74) is -0.162. The van der Waals surface area contributed by atoms with Crippen LogP contribution in [0, 0.1) is 22.7 Å². The minimum absolute atomic E-state index is 0.162. The van der Waals surface area contributed by atoms with Crippen LogP contribution in [0.15, 0.2) is 0 Å². The lowest BCUT2D eigenvalue weighted by Gasteiger charge is -2.21. The minimum Gasteiger partial charge on any atom is -0.308 e. The number of rotatable bonds is 5. The maximum absolute atomic E-state index is 12.3. The lowest BCUT2D eigenvalue weighted by Crippen LogP contribution is -2.42. The Morgan fingerprint density at radius 2 is 1.91 bits per heavy atom. The number of nitrogens with zero attached hydrogens (tertiary/aromatic N) is 3. The summed E-state index contributed by atoms with van der Waals surface area (Å²) in [5.74, 6) is -4.00. The summed E-state index contributed by atoms with van der Waals surface area (Å²) in [6.07, 6.45) is 3.09. The SMILES string of the molecule is CC(=N)C(C#N)C(=O)CN1C(=O)C(=O)N(C2CCCC2)C1=O. The van der Waals surface area contributed by atoms with Gasteiger partial charge in [0.2, 0.25) is 0 Å². The highest BCUT2D eigenvalue weighted by atomic mass is 16.2. The van der Waals surface area contributed by atoms with E-state index >= 15 is 0 Å². The first-order valence-corrected chi connectivity index (χ1v) is 7.05. The van der Waals surface area contributed by atoms with E-state index in [0.29, 0.717) is 17.7 Å². The molecule has 1 aliphatic heterocycles. The van der Waals surface area contributed by atoms with Gasteiger partial charge in [0.05, 0.1) is 12.6 Å². The number of imide groups is 2. The fourth-order valence-electron chi connectivity index (χ4n) is 2.80. The Balaban J connectivity index is 2.15. The molecule has 1 saturated heterocycles. The molecule has 1 atom stereocenters. The quantitative estimate of drug-likeness (QED) is 0.449. The van der Waals surface area contributed by atoms with Crippen LogP contribution in [0.5, 0.6) is 0 Å². The molecule has 0 spiro atoms. The smallest absolute Gasteiger partial charge is 0.308 e. The van der Waals surface area contributed by atoms with Crippen molar-refractivity contribution in [1.82, 2.24) is 9.80 Å². The van der Waals surface area contributed by atoms with E-state index in [2.05, 4.69) is 0 Å². The second kappa shape index (κ2) is 6.05. The lowest BCUT2D eigenvalue weighted by molar-refractivity contribution is -0.144. The van der Waals surface area contributed by atoms with Crippen molar-refractivity contribution in [2.75, 3.05) is 6.54 Å². The highest BCUT2D eigenvalue weighted by Crippen LogP contribution is 2.27. The van der Waals surface area contributed by atoms with Crippen LogP contribution in [0.4, 0.5) is 4.79 Å². The third kappa shape index (κ3) is 2.62. The zero-order valence-corrected chi connectivity index (χ0v) is 12.2. The molecular weight excluding hydrogens is 288 g/mol. The van der Waals surface area contributed by atoms with Crippen LogP contribution in [0.2, 0.25) is 0 Å². The van der Waals surface area contributed by atoms with Crippen LogP contribution < -0.4 is 0 Å². The molecule has 0 aromatic carbocycles. The van der Waals surface area contributed by atoms with Gasteiger partial charge >= 0.3 is 17.8 Å². The molecule has 1 N–H and O–H groups in total. The van der Waals surface area contributed by atoms with Crippen molar-refractivity contribution in [3.63, 3.8) is 0 Å². The van der Waals surface area contributed by atoms with Crippen molar-refractivity contribution in [2.24, 2.45) is 5.92 Å². The van der Waals surface area contributed by atoms with Crippen LogP contribution in [0.25, 0.3) is 0 Å². The Kier molecular flexibility index (Phi) is 4.35. The Hall–Kier alpha value is -2.56. The number of carbonyl (C=O) groups excluding carboxylic acids is 4. The number of carbonyl (C=O) groups is 4. The van der Waals surface area contributed by atoms with Gasteiger partial charge in [0, 0.05) is 11.8 Å². The van der Waals surface area contributed by atoms with Gasteiger partial charge in [-0.1, -0.05) is 12.8 Å². The van der Waals surface area contributed by atoms with E-state index < -0.39 is 36.1 Å². The summed E-state index contributed by atoms with van der Waals surface area (Å²) in [7, 11) is 0. The van der Waals surface area contributed by atoms with Gasteiger partial charge in [-0.05, 0) is 19.8 Å². The van der Waals surface area contributed by atoms with Crippen molar-refractivity contribution in [3.8, 4) is 6.07 Å². The first-order valence-electron chi connectivity index (χ1n) is 7.05. The highest BCUT2D eigenvalue weighted by Gasteiger charge is 2.49. The molecular formula is C14H16N4O4. The summed E-state index contributed by atoms with van der Waals surface area (Å²) in [6, 6.07) is 0.572. The molecule has 8 nitrogen and oxygen atoms in total. The number of nitrogens with one attached hydrogen (secondary N) is 1. The van der Waals surface area contributed by atoms with Crippen LogP contribution in [0.1, 0.15) is 32.6 Å².